The van der Waals surface area contributed by atoms with E-state index in [-0.39, 0.29) is 18.2 Å². The molecule has 0 N–H and O–H groups in total. The lowest BCUT2D eigenvalue weighted by atomic mass is 10.2. The van der Waals surface area contributed by atoms with Crippen LogP contribution in [0.1, 0.15) is 19.4 Å². The maximum absolute atomic E-state index is 12.5. The Morgan fingerprint density at radius 3 is 2.67 bits per heavy atom. The highest BCUT2D eigenvalue weighted by molar-refractivity contribution is 6.21. The maximum atomic E-state index is 12.5. The lowest BCUT2D eigenvalue weighted by Crippen LogP contribution is -2.30. The van der Waals surface area contributed by atoms with Crippen molar-refractivity contribution in [3.63, 3.8) is 0 Å². The Labute approximate surface area is 122 Å². The summed E-state index contributed by atoms with van der Waals surface area (Å²) in [6.07, 6.45) is 4.99. The van der Waals surface area contributed by atoms with Crippen molar-refractivity contribution in [3.05, 3.63) is 43.0 Å². The fourth-order valence-electron chi connectivity index (χ4n) is 2.43. The highest BCUT2D eigenvalue weighted by atomic mass is 16.5. The molecule has 0 aliphatic carbocycles. The highest BCUT2D eigenvalue weighted by Gasteiger charge is 2.40. The van der Waals surface area contributed by atoms with E-state index in [0.29, 0.717) is 18.0 Å². The number of ether oxygens (including phenoxy) is 1. The molecule has 2 amide bonds. The van der Waals surface area contributed by atoms with Gasteiger partial charge in [0.15, 0.2) is 0 Å². The first-order chi connectivity index (χ1) is 10.2. The third-order valence-corrected chi connectivity index (χ3v) is 3.41. The fraction of sp³-hybridized carbons (Fsp3) is 0.267. The van der Waals surface area contributed by atoms with Crippen LogP contribution in [0, 0.1) is 0 Å². The molecule has 1 aliphatic heterocycles. The van der Waals surface area contributed by atoms with Crippen LogP contribution in [0.2, 0.25) is 0 Å². The molecule has 0 bridgehead atoms. The normalized spacial score (nSPS) is 18.3. The fourth-order valence-corrected chi connectivity index (χ4v) is 2.43. The van der Waals surface area contributed by atoms with Crippen LogP contribution in [0.5, 0.6) is 5.75 Å². The molecule has 1 saturated heterocycles. The molecule has 6 nitrogen and oxygen atoms in total. The van der Waals surface area contributed by atoms with Crippen LogP contribution >= 0.6 is 0 Å². The summed E-state index contributed by atoms with van der Waals surface area (Å²) < 4.78 is 7.02. The van der Waals surface area contributed by atoms with E-state index in [1.807, 2.05) is 6.92 Å². The number of hydrogen-bond donors (Lipinski definition) is 0. The largest absolute Gasteiger partial charge is 0.494 e. The molecule has 2 aromatic rings. The molecule has 2 heterocycles. The van der Waals surface area contributed by atoms with Gasteiger partial charge in [-0.2, -0.15) is 0 Å². The minimum atomic E-state index is -0.508. The van der Waals surface area contributed by atoms with Gasteiger partial charge in [-0.05, 0) is 31.2 Å². The summed E-state index contributed by atoms with van der Waals surface area (Å²) in [5.74, 6) is 0.275. The van der Waals surface area contributed by atoms with Crippen molar-refractivity contribution >= 4 is 17.5 Å². The average molecular weight is 285 g/mol. The van der Waals surface area contributed by atoms with Crippen molar-refractivity contribution < 1.29 is 14.3 Å². The molecule has 1 fully saturated rings. The molecule has 0 radical (unpaired) electrons. The van der Waals surface area contributed by atoms with Crippen molar-refractivity contribution in [3.8, 4) is 5.75 Å². The quantitative estimate of drug-likeness (QED) is 0.803. The van der Waals surface area contributed by atoms with Gasteiger partial charge >= 0.3 is 0 Å². The van der Waals surface area contributed by atoms with E-state index in [2.05, 4.69) is 4.98 Å². The predicted octanol–water partition coefficient (Wildman–Crippen LogP) is 1.79. The number of carbonyl (C=O) groups excluding carboxylic acids is 2. The Morgan fingerprint density at radius 1 is 1.29 bits per heavy atom. The summed E-state index contributed by atoms with van der Waals surface area (Å²) in [6, 6.07) is 6.44. The molecule has 1 unspecified atom stereocenters. The van der Waals surface area contributed by atoms with Crippen LogP contribution in [0.15, 0.2) is 43.0 Å². The first-order valence-electron chi connectivity index (χ1n) is 6.78. The van der Waals surface area contributed by atoms with Crippen LogP contribution in [0.3, 0.4) is 0 Å². The van der Waals surface area contributed by atoms with Gasteiger partial charge in [0.2, 0.25) is 5.91 Å². The van der Waals surface area contributed by atoms with Gasteiger partial charge in [0.25, 0.3) is 5.91 Å². The van der Waals surface area contributed by atoms with Crippen molar-refractivity contribution in [1.82, 2.24) is 9.55 Å². The van der Waals surface area contributed by atoms with Crippen LogP contribution in [-0.2, 0) is 9.59 Å². The van der Waals surface area contributed by atoms with Crippen LogP contribution in [-0.4, -0.2) is 28.0 Å². The molecular weight excluding hydrogens is 270 g/mol. The van der Waals surface area contributed by atoms with E-state index >= 15 is 0 Å². The summed E-state index contributed by atoms with van der Waals surface area (Å²) in [5, 5.41) is 0. The van der Waals surface area contributed by atoms with E-state index in [1.54, 1.807) is 47.6 Å². The average Bonchev–Trinajstić information content (AvgIpc) is 3.09. The molecule has 1 aromatic carbocycles. The summed E-state index contributed by atoms with van der Waals surface area (Å²) in [4.78, 5) is 29.7. The number of imidazole rings is 1. The lowest BCUT2D eigenvalue weighted by molar-refractivity contribution is -0.122. The molecule has 1 atom stereocenters. The summed E-state index contributed by atoms with van der Waals surface area (Å²) in [6.45, 7) is 2.47. The van der Waals surface area contributed by atoms with Gasteiger partial charge in [0.05, 0.1) is 25.0 Å². The number of aromatic nitrogens is 2. The zero-order valence-corrected chi connectivity index (χ0v) is 11.6. The van der Waals surface area contributed by atoms with Crippen molar-refractivity contribution in [2.45, 2.75) is 19.4 Å². The zero-order valence-electron chi connectivity index (χ0n) is 11.6. The topological polar surface area (TPSA) is 64.4 Å². The molecule has 1 aliphatic rings. The molecule has 0 saturated carbocycles. The Bertz CT molecular complexity index is 649. The molecule has 6 heteroatoms. The van der Waals surface area contributed by atoms with Gasteiger partial charge in [0.1, 0.15) is 11.8 Å². The van der Waals surface area contributed by atoms with Crippen molar-refractivity contribution in [1.29, 1.82) is 0 Å². The van der Waals surface area contributed by atoms with E-state index in [0.717, 1.165) is 0 Å². The zero-order chi connectivity index (χ0) is 14.8. The smallest absolute Gasteiger partial charge is 0.257 e. The second kappa shape index (κ2) is 5.40. The van der Waals surface area contributed by atoms with E-state index in [4.69, 9.17) is 4.74 Å². The van der Waals surface area contributed by atoms with E-state index < -0.39 is 6.04 Å². The third-order valence-electron chi connectivity index (χ3n) is 3.41. The maximum Gasteiger partial charge on any atom is 0.257 e. The van der Waals surface area contributed by atoms with Gasteiger partial charge in [-0.3, -0.25) is 9.59 Å². The third kappa shape index (κ3) is 2.40. The van der Waals surface area contributed by atoms with E-state index in [9.17, 15) is 9.59 Å². The number of nitrogens with zero attached hydrogens (tertiary/aromatic N) is 3. The van der Waals surface area contributed by atoms with Crippen LogP contribution in [0.25, 0.3) is 0 Å². The number of imide groups is 1. The number of rotatable bonds is 4. The number of carbonyl (C=O) groups is 2. The second-order valence-electron chi connectivity index (χ2n) is 4.72. The van der Waals surface area contributed by atoms with Crippen LogP contribution < -0.4 is 9.64 Å². The molecule has 21 heavy (non-hydrogen) atoms. The predicted molar refractivity (Wildman–Crippen MR) is 76.0 cm³/mol. The Balaban J connectivity index is 1.85. The summed E-state index contributed by atoms with van der Waals surface area (Å²) >= 11 is 0. The SMILES string of the molecule is CCOc1ccc(N2C(=O)CC(n3ccnc3)C2=O)cc1. The monoisotopic (exact) mass is 285 g/mol. The van der Waals surface area contributed by atoms with Gasteiger partial charge in [-0.25, -0.2) is 9.88 Å². The highest BCUT2D eigenvalue weighted by Crippen LogP contribution is 2.30. The van der Waals surface area contributed by atoms with Gasteiger partial charge in [-0.1, -0.05) is 0 Å². The minimum Gasteiger partial charge on any atom is -0.494 e. The Kier molecular flexibility index (Phi) is 3.43. The number of anilines is 1. The minimum absolute atomic E-state index is 0.155. The van der Waals surface area contributed by atoms with Crippen molar-refractivity contribution in [2.75, 3.05) is 11.5 Å². The van der Waals surface area contributed by atoms with Gasteiger partial charge in [0, 0.05) is 12.4 Å². The van der Waals surface area contributed by atoms with E-state index in [1.165, 1.54) is 4.90 Å². The lowest BCUT2D eigenvalue weighted by Gasteiger charge is -2.15. The van der Waals surface area contributed by atoms with Gasteiger partial charge in [-0.15, -0.1) is 0 Å². The van der Waals surface area contributed by atoms with Crippen LogP contribution in [0.4, 0.5) is 5.69 Å². The molecule has 108 valence electrons. The summed E-state index contributed by atoms with van der Waals surface area (Å²) in [7, 11) is 0. The molecule has 3 rings (SSSR count). The number of benzene rings is 1. The molecule has 1 aromatic heterocycles. The van der Waals surface area contributed by atoms with Gasteiger partial charge < -0.3 is 9.30 Å². The second-order valence-corrected chi connectivity index (χ2v) is 4.72. The Morgan fingerprint density at radius 2 is 2.05 bits per heavy atom. The van der Waals surface area contributed by atoms with Crippen molar-refractivity contribution in [2.24, 2.45) is 0 Å². The number of hydrogen-bond acceptors (Lipinski definition) is 4. The standard InChI is InChI=1S/C15H15N3O3/c1-2-21-12-5-3-11(4-6-12)18-14(19)9-13(15(18)20)17-8-7-16-10-17/h3-8,10,13H,2,9H2,1H3. The number of amides is 2. The summed E-state index contributed by atoms with van der Waals surface area (Å²) in [5.41, 5.74) is 0.566. The Hall–Kier alpha value is -2.63. The molecule has 0 spiro atoms. The first kappa shape index (κ1) is 13.4. The first-order valence-corrected chi connectivity index (χ1v) is 6.78. The molecular formula is C15H15N3O3.